The van der Waals surface area contributed by atoms with Crippen molar-refractivity contribution >= 4 is 86.2 Å². The van der Waals surface area contributed by atoms with E-state index in [0.717, 1.165) is 0 Å². The second-order valence-corrected chi connectivity index (χ2v) is 21.0. The van der Waals surface area contributed by atoms with E-state index >= 15 is 0 Å². The quantitative estimate of drug-likeness (QED) is 0.146. The van der Waals surface area contributed by atoms with Crippen molar-refractivity contribution in [2.45, 2.75) is 118 Å². The molecule has 0 amide bonds. The maximum Gasteiger partial charge on any atom is -0.00201 e. The van der Waals surface area contributed by atoms with Crippen LogP contribution in [0.5, 0.6) is 0 Å². The van der Waals surface area contributed by atoms with E-state index in [-0.39, 0.29) is 7.43 Å². The van der Waals surface area contributed by atoms with Crippen LogP contribution in [0.15, 0.2) is 315 Å². The molecule has 0 aromatic heterocycles. The van der Waals surface area contributed by atoms with E-state index in [1.807, 2.05) is 111 Å². The van der Waals surface area contributed by atoms with Crippen LogP contribution in [0.2, 0.25) is 0 Å². The molecular weight excluding hydrogens is 1170 g/mol. The van der Waals surface area contributed by atoms with Crippen LogP contribution in [-0.2, 0) is 0 Å². The van der Waals surface area contributed by atoms with Crippen molar-refractivity contribution in [3.8, 4) is 66.8 Å². The summed E-state index contributed by atoms with van der Waals surface area (Å²) in [6.07, 6.45) is 0. The van der Waals surface area contributed by atoms with Gasteiger partial charge in [-0.25, -0.2) is 0 Å². The third-order valence-corrected chi connectivity index (χ3v) is 16.5. The third-order valence-electron chi connectivity index (χ3n) is 16.5. The van der Waals surface area contributed by atoms with Crippen molar-refractivity contribution in [1.29, 1.82) is 0 Å². The van der Waals surface area contributed by atoms with Crippen molar-refractivity contribution in [3.05, 3.63) is 315 Å². The minimum Gasteiger partial charge on any atom is -0.0776 e. The van der Waals surface area contributed by atoms with Crippen LogP contribution < -0.4 is 0 Å². The Kier molecular flexibility index (Phi) is 30.3. The average Bonchev–Trinajstić information content (AvgIpc) is 0.738. The molecule has 492 valence electrons. The summed E-state index contributed by atoms with van der Waals surface area (Å²) in [5.41, 5.74) is 15.2. The van der Waals surface area contributed by atoms with Crippen molar-refractivity contribution in [2.24, 2.45) is 0 Å². The average molecular weight is 1270 g/mol. The molecule has 16 aromatic rings. The summed E-state index contributed by atoms with van der Waals surface area (Å²) < 4.78 is 0. The minimum absolute atomic E-state index is 0. The molecule has 16 rings (SSSR count). The first kappa shape index (κ1) is 75.6. The van der Waals surface area contributed by atoms with Crippen molar-refractivity contribution in [1.82, 2.24) is 0 Å². The van der Waals surface area contributed by atoms with Gasteiger partial charge in [0.1, 0.15) is 0 Å². The summed E-state index contributed by atoms with van der Waals surface area (Å²) in [6, 6.07) is 115. The molecule has 0 spiro atoms. The van der Waals surface area contributed by atoms with Crippen LogP contribution in [0.4, 0.5) is 0 Å². The fourth-order valence-corrected chi connectivity index (χ4v) is 12.7. The number of hydrogen-bond donors (Lipinski definition) is 0. The summed E-state index contributed by atoms with van der Waals surface area (Å²) in [4.78, 5) is 0. The lowest BCUT2D eigenvalue weighted by Crippen LogP contribution is -1.91. The summed E-state index contributed by atoms with van der Waals surface area (Å²) in [6.45, 7) is 32.0. The smallest absolute Gasteiger partial charge is 0.00201 e. The number of fused-ring (bicyclic) bond motifs is 8. The van der Waals surface area contributed by atoms with Gasteiger partial charge in [-0.05, 0) is 165 Å². The first-order valence-corrected chi connectivity index (χ1v) is 35.7. The van der Waals surface area contributed by atoms with Gasteiger partial charge in [0.15, 0.2) is 0 Å². The normalized spacial score (nSPS) is 9.98. The van der Waals surface area contributed by atoms with E-state index in [1.165, 1.54) is 153 Å². The molecule has 0 heterocycles. The Morgan fingerprint density at radius 2 is 0.330 bits per heavy atom. The van der Waals surface area contributed by atoms with Crippen molar-refractivity contribution < 1.29 is 0 Å². The zero-order valence-corrected chi connectivity index (χ0v) is 60.0. The zero-order chi connectivity index (χ0) is 68.9. The predicted molar refractivity (Wildman–Crippen MR) is 443 cm³/mol. The lowest BCUT2D eigenvalue weighted by Gasteiger charge is -2.19. The molecular formula is C97H104. The van der Waals surface area contributed by atoms with Crippen LogP contribution in [0.1, 0.15) is 118 Å². The van der Waals surface area contributed by atoms with Gasteiger partial charge in [-0.3, -0.25) is 0 Å². The van der Waals surface area contributed by atoms with Gasteiger partial charge in [-0.15, -0.1) is 0 Å². The summed E-state index contributed by atoms with van der Waals surface area (Å²) in [7, 11) is 0. The second kappa shape index (κ2) is 38.8. The molecule has 0 unspecified atom stereocenters. The van der Waals surface area contributed by atoms with Gasteiger partial charge in [0.05, 0.1) is 0 Å². The van der Waals surface area contributed by atoms with Crippen molar-refractivity contribution in [3.63, 3.8) is 0 Å². The molecule has 0 radical (unpaired) electrons. The molecule has 0 aliphatic heterocycles. The molecule has 16 aromatic carbocycles. The number of benzene rings is 16. The van der Waals surface area contributed by atoms with Gasteiger partial charge in [0, 0.05) is 0 Å². The highest BCUT2D eigenvalue weighted by atomic mass is 14.2. The molecule has 0 nitrogen and oxygen atoms in total. The van der Waals surface area contributed by atoms with Gasteiger partial charge >= 0.3 is 0 Å². The Bertz CT molecular complexity index is 4600. The van der Waals surface area contributed by atoms with Gasteiger partial charge in [0.25, 0.3) is 0 Å². The molecule has 97 heavy (non-hydrogen) atoms. The summed E-state index contributed by atoms with van der Waals surface area (Å²) in [5.74, 6) is 0. The lowest BCUT2D eigenvalue weighted by molar-refractivity contribution is 1.50. The van der Waals surface area contributed by atoms with Gasteiger partial charge in [0.2, 0.25) is 0 Å². The molecule has 0 atom stereocenters. The number of hydrogen-bond acceptors (Lipinski definition) is 0. The minimum atomic E-state index is 0. The maximum absolute atomic E-state index is 2.29. The summed E-state index contributed by atoms with van der Waals surface area (Å²) in [5, 5.41) is 20.4. The SMILES string of the molecule is C.CC.CC.CC.CC.CC.CC.CC.CC.c1ccc2cc(-c3ccc(-c4c5ccccc5c(-c5cccc6ccccc56)c5ccccc45)cc3)ccc2c1.c1ccc2cc(-c3ccc(-c4c5ccccc5c(-c5cccc6ccccc56)c5ccccc45)cc3)ccc2c1. The van der Waals surface area contributed by atoms with Crippen LogP contribution in [-0.4, -0.2) is 0 Å². The lowest BCUT2D eigenvalue weighted by atomic mass is 9.84. The zero-order valence-electron chi connectivity index (χ0n) is 60.0. The molecule has 0 bridgehead atoms. The first-order valence-electron chi connectivity index (χ1n) is 35.7. The van der Waals surface area contributed by atoms with E-state index in [4.69, 9.17) is 0 Å². The largest absolute Gasteiger partial charge is 0.0776 e. The maximum atomic E-state index is 2.29. The number of rotatable bonds is 6. The van der Waals surface area contributed by atoms with E-state index in [0.29, 0.717) is 0 Å². The highest BCUT2D eigenvalue weighted by molar-refractivity contribution is 6.25. The van der Waals surface area contributed by atoms with E-state index in [2.05, 4.69) is 315 Å². The second-order valence-electron chi connectivity index (χ2n) is 21.0. The standard InChI is InChI=1S/2C40H26.8C2H6.CH4/c2*1-2-12-31-26-32(25-22-27(31)10-1)28-20-23-30(24-21-28)39-35-15-5-7-17-37(35)40(38-18-8-6-16-36(38)39)34-19-9-13-29-11-3-4-14-33(29)34;8*1-2;/h2*1-26H;8*1-2H3;1H4. The van der Waals surface area contributed by atoms with Crippen LogP contribution in [0.3, 0.4) is 0 Å². The highest BCUT2D eigenvalue weighted by Gasteiger charge is 2.20. The van der Waals surface area contributed by atoms with E-state index in [1.54, 1.807) is 0 Å². The Morgan fingerprint density at radius 3 is 0.608 bits per heavy atom. The fourth-order valence-electron chi connectivity index (χ4n) is 12.7. The van der Waals surface area contributed by atoms with E-state index < -0.39 is 0 Å². The molecule has 0 saturated carbocycles. The highest BCUT2D eigenvalue weighted by Crippen LogP contribution is 2.48. The third kappa shape index (κ3) is 16.3. The molecule has 0 N–H and O–H groups in total. The van der Waals surface area contributed by atoms with Gasteiger partial charge in [-0.1, -0.05) is 422 Å². The van der Waals surface area contributed by atoms with Crippen LogP contribution in [0, 0.1) is 0 Å². The first-order chi connectivity index (χ1) is 47.7. The van der Waals surface area contributed by atoms with Crippen LogP contribution in [0.25, 0.3) is 153 Å². The monoisotopic (exact) mass is 1270 g/mol. The van der Waals surface area contributed by atoms with Crippen LogP contribution >= 0.6 is 0 Å². The Morgan fingerprint density at radius 1 is 0.134 bits per heavy atom. The molecule has 0 fully saturated rings. The van der Waals surface area contributed by atoms with E-state index in [9.17, 15) is 0 Å². The Labute approximate surface area is 583 Å². The molecule has 0 saturated heterocycles. The molecule has 0 aliphatic rings. The Balaban J connectivity index is 0.000000253. The van der Waals surface area contributed by atoms with Gasteiger partial charge in [-0.2, -0.15) is 0 Å². The topological polar surface area (TPSA) is 0 Å². The summed E-state index contributed by atoms with van der Waals surface area (Å²) >= 11 is 0. The fraction of sp³-hybridized carbons (Fsp3) is 0.175. The van der Waals surface area contributed by atoms with Gasteiger partial charge < -0.3 is 0 Å². The molecule has 0 heteroatoms. The van der Waals surface area contributed by atoms with Crippen molar-refractivity contribution in [2.75, 3.05) is 0 Å². The molecule has 0 aliphatic carbocycles. The Hall–Kier alpha value is -10.4. The predicted octanol–water partition coefficient (Wildman–Crippen LogP) is 31.4.